The molecule has 25 heavy (non-hydrogen) atoms. The number of para-hydroxylation sites is 1. The number of nitrogens with one attached hydrogen (secondary N) is 1. The summed E-state index contributed by atoms with van der Waals surface area (Å²) in [6, 6.07) is 10.7. The molecule has 1 aliphatic heterocycles. The van der Waals surface area contributed by atoms with E-state index >= 15 is 0 Å². The molecular weight excluding hydrogens is 329 g/mol. The molecule has 0 aliphatic carbocycles. The van der Waals surface area contributed by atoms with E-state index < -0.39 is 11.9 Å². The fourth-order valence-electron chi connectivity index (χ4n) is 2.37. The molecule has 2 aromatic rings. The number of amides is 1. The van der Waals surface area contributed by atoms with Gasteiger partial charge in [-0.2, -0.15) is 0 Å². The first-order chi connectivity index (χ1) is 12.1. The molecule has 3 rings (SSSR count). The third kappa shape index (κ3) is 4.39. The number of halogens is 1. The van der Waals surface area contributed by atoms with Gasteiger partial charge in [0.1, 0.15) is 37.5 Å². The summed E-state index contributed by atoms with van der Waals surface area (Å²) in [6.45, 7) is 0.727. The quantitative estimate of drug-likeness (QED) is 0.833. The molecule has 0 spiro atoms. The van der Waals surface area contributed by atoms with Crippen molar-refractivity contribution in [3.8, 4) is 17.2 Å². The molecule has 0 fully saturated rings. The molecule has 0 saturated carbocycles. The van der Waals surface area contributed by atoms with E-state index in [1.807, 2.05) is 0 Å². The van der Waals surface area contributed by atoms with Crippen molar-refractivity contribution >= 4 is 5.91 Å². The van der Waals surface area contributed by atoms with Gasteiger partial charge in [0, 0.05) is 12.6 Å². The van der Waals surface area contributed by atoms with Crippen molar-refractivity contribution in [1.29, 1.82) is 0 Å². The molecule has 6 nitrogen and oxygen atoms in total. The first-order valence-electron chi connectivity index (χ1n) is 7.87. The van der Waals surface area contributed by atoms with Crippen LogP contribution in [0.25, 0.3) is 0 Å². The zero-order chi connectivity index (χ0) is 17.6. The van der Waals surface area contributed by atoms with Crippen LogP contribution in [0.3, 0.4) is 0 Å². The minimum absolute atomic E-state index is 0.0152. The average Bonchev–Trinajstić information content (AvgIpc) is 2.64. The van der Waals surface area contributed by atoms with E-state index in [1.165, 1.54) is 18.2 Å². The number of carbonyl (C=O) groups excluding carboxylic acids is 1. The van der Waals surface area contributed by atoms with Crippen LogP contribution < -0.4 is 19.5 Å². The number of rotatable bonds is 6. The Morgan fingerprint density at radius 2 is 2.04 bits per heavy atom. The van der Waals surface area contributed by atoms with Gasteiger partial charge in [-0.15, -0.1) is 0 Å². The van der Waals surface area contributed by atoms with E-state index in [-0.39, 0.29) is 19.1 Å². The number of fused-ring (bicyclic) bond motifs is 1. The molecule has 132 valence electrons. The Kier molecular flexibility index (Phi) is 5.35. The Balaban J connectivity index is 1.52. The summed E-state index contributed by atoms with van der Waals surface area (Å²) in [4.78, 5) is 12.3. The van der Waals surface area contributed by atoms with Crippen LogP contribution in [0, 0.1) is 5.82 Å². The van der Waals surface area contributed by atoms with Gasteiger partial charge >= 0.3 is 0 Å². The van der Waals surface area contributed by atoms with Crippen LogP contribution in [0.2, 0.25) is 0 Å². The summed E-state index contributed by atoms with van der Waals surface area (Å²) in [5.41, 5.74) is 0.343. The van der Waals surface area contributed by atoms with Crippen molar-refractivity contribution in [2.45, 2.75) is 6.10 Å². The number of aliphatic hydroxyl groups excluding tert-OH is 1. The van der Waals surface area contributed by atoms with Crippen LogP contribution in [-0.4, -0.2) is 43.5 Å². The highest BCUT2D eigenvalue weighted by Gasteiger charge is 2.20. The Labute approximate surface area is 144 Å². The Bertz CT molecular complexity index is 752. The Morgan fingerprint density at radius 1 is 1.24 bits per heavy atom. The lowest BCUT2D eigenvalue weighted by atomic mass is 10.1. The summed E-state index contributed by atoms with van der Waals surface area (Å²) in [5.74, 6) is 0.433. The van der Waals surface area contributed by atoms with Crippen molar-refractivity contribution in [2.75, 3.05) is 26.4 Å². The molecule has 0 bridgehead atoms. The van der Waals surface area contributed by atoms with E-state index in [1.54, 1.807) is 24.3 Å². The van der Waals surface area contributed by atoms with Crippen LogP contribution >= 0.6 is 0 Å². The van der Waals surface area contributed by atoms with Crippen molar-refractivity contribution in [1.82, 2.24) is 5.32 Å². The fourth-order valence-corrected chi connectivity index (χ4v) is 2.37. The zero-order valence-electron chi connectivity index (χ0n) is 13.4. The largest absolute Gasteiger partial charge is 0.491 e. The van der Waals surface area contributed by atoms with Crippen molar-refractivity contribution in [3.05, 3.63) is 53.8 Å². The zero-order valence-corrected chi connectivity index (χ0v) is 13.4. The van der Waals surface area contributed by atoms with Gasteiger partial charge in [0.15, 0.2) is 11.5 Å². The third-order valence-corrected chi connectivity index (χ3v) is 3.55. The monoisotopic (exact) mass is 347 g/mol. The van der Waals surface area contributed by atoms with Gasteiger partial charge in [0.2, 0.25) is 0 Å². The maximum atomic E-state index is 13.0. The topological polar surface area (TPSA) is 77.0 Å². The van der Waals surface area contributed by atoms with Gasteiger partial charge in [0.25, 0.3) is 5.91 Å². The minimum atomic E-state index is -0.941. The molecule has 2 N–H and O–H groups in total. The molecule has 7 heteroatoms. The highest BCUT2D eigenvalue weighted by molar-refractivity contribution is 5.97. The van der Waals surface area contributed by atoms with E-state index in [0.717, 1.165) is 0 Å². The predicted molar refractivity (Wildman–Crippen MR) is 87.7 cm³/mol. The summed E-state index contributed by atoms with van der Waals surface area (Å²) >= 11 is 0. The van der Waals surface area contributed by atoms with Crippen LogP contribution in [0.1, 0.15) is 10.4 Å². The number of aliphatic hydroxyl groups is 1. The number of hydrogen-bond acceptors (Lipinski definition) is 5. The van der Waals surface area contributed by atoms with Gasteiger partial charge in [0.05, 0.1) is 5.56 Å². The molecule has 0 aromatic heterocycles. The molecule has 0 saturated heterocycles. The van der Waals surface area contributed by atoms with Crippen LogP contribution in [-0.2, 0) is 0 Å². The smallest absolute Gasteiger partial charge is 0.255 e. The lowest BCUT2D eigenvalue weighted by molar-refractivity contribution is 0.0835. The summed E-state index contributed by atoms with van der Waals surface area (Å²) in [6.07, 6.45) is -0.941. The van der Waals surface area contributed by atoms with E-state index in [4.69, 9.17) is 14.2 Å². The highest BCUT2D eigenvalue weighted by atomic mass is 19.1. The maximum Gasteiger partial charge on any atom is 0.255 e. The second-order valence-corrected chi connectivity index (χ2v) is 5.46. The number of carbonyl (C=O) groups is 1. The first kappa shape index (κ1) is 17.0. The van der Waals surface area contributed by atoms with E-state index in [0.29, 0.717) is 36.0 Å². The fraction of sp³-hybridized carbons (Fsp3) is 0.278. The molecular formula is C18H18FNO5. The van der Waals surface area contributed by atoms with E-state index in [9.17, 15) is 14.3 Å². The first-order valence-corrected chi connectivity index (χ1v) is 7.87. The highest BCUT2D eigenvalue weighted by Crippen LogP contribution is 2.33. The minimum Gasteiger partial charge on any atom is -0.491 e. The van der Waals surface area contributed by atoms with Crippen molar-refractivity contribution < 1.29 is 28.5 Å². The normalized spacial score (nSPS) is 13.8. The Hall–Kier alpha value is -2.80. The maximum absolute atomic E-state index is 13.0. The number of benzene rings is 2. The van der Waals surface area contributed by atoms with Gasteiger partial charge < -0.3 is 24.6 Å². The molecule has 1 atom stereocenters. The molecule has 1 heterocycles. The second-order valence-electron chi connectivity index (χ2n) is 5.46. The summed E-state index contributed by atoms with van der Waals surface area (Å²) in [7, 11) is 0. The van der Waals surface area contributed by atoms with E-state index in [2.05, 4.69) is 5.32 Å². The third-order valence-electron chi connectivity index (χ3n) is 3.55. The molecule has 0 radical (unpaired) electrons. The SMILES string of the molecule is O=C(NC[C@H](O)COc1cccc(F)c1)c1cccc2c1OCCO2. The van der Waals surface area contributed by atoms with Gasteiger partial charge in [-0.25, -0.2) is 4.39 Å². The van der Waals surface area contributed by atoms with Gasteiger partial charge in [-0.1, -0.05) is 12.1 Å². The standard InChI is InChI=1S/C18H18FNO5/c19-12-3-1-4-14(9-12)25-11-13(21)10-20-18(22)15-5-2-6-16-17(15)24-8-7-23-16/h1-6,9,13,21H,7-8,10-11H2,(H,20,22)/t13-/m0/s1. The van der Waals surface area contributed by atoms with Crippen molar-refractivity contribution in [3.63, 3.8) is 0 Å². The van der Waals surface area contributed by atoms with Crippen molar-refractivity contribution in [2.24, 2.45) is 0 Å². The number of ether oxygens (including phenoxy) is 3. The average molecular weight is 347 g/mol. The summed E-state index contributed by atoms with van der Waals surface area (Å²) < 4.78 is 29.3. The molecule has 1 aliphatic rings. The van der Waals surface area contributed by atoms with Gasteiger partial charge in [-0.05, 0) is 24.3 Å². The van der Waals surface area contributed by atoms with Crippen LogP contribution in [0.5, 0.6) is 17.2 Å². The lowest BCUT2D eigenvalue weighted by Crippen LogP contribution is -2.35. The molecule has 2 aromatic carbocycles. The Morgan fingerprint density at radius 3 is 2.88 bits per heavy atom. The molecule has 1 amide bonds. The predicted octanol–water partition coefficient (Wildman–Crippen LogP) is 1.77. The second kappa shape index (κ2) is 7.85. The lowest BCUT2D eigenvalue weighted by Gasteiger charge is -2.21. The van der Waals surface area contributed by atoms with Crippen LogP contribution in [0.15, 0.2) is 42.5 Å². The van der Waals surface area contributed by atoms with Gasteiger partial charge in [-0.3, -0.25) is 4.79 Å². The summed E-state index contributed by atoms with van der Waals surface area (Å²) in [5, 5.41) is 12.5. The molecule has 0 unspecified atom stereocenters. The number of hydrogen-bond donors (Lipinski definition) is 2. The van der Waals surface area contributed by atoms with Crippen LogP contribution in [0.4, 0.5) is 4.39 Å².